The lowest BCUT2D eigenvalue weighted by atomic mass is 10.1. The number of aromatic nitrogens is 4. The average molecular weight is 410 g/mol. The average Bonchev–Trinajstić information content (AvgIpc) is 3.14. The van der Waals surface area contributed by atoms with Crippen molar-refractivity contribution >= 4 is 16.8 Å². The quantitative estimate of drug-likeness (QED) is 0.404. The molecule has 0 radical (unpaired) electrons. The number of hydrogen-bond acceptors (Lipinski definition) is 3. The van der Waals surface area contributed by atoms with Crippen molar-refractivity contribution in [3.8, 4) is 0 Å². The smallest absolute Gasteiger partial charge is 0.308 e. The van der Waals surface area contributed by atoms with E-state index in [-0.39, 0.29) is 0 Å². The molecule has 5 aromatic rings. The Morgan fingerprint density at radius 1 is 0.613 bits per heavy atom. The second kappa shape index (κ2) is 8.07. The molecule has 0 atom stereocenters. The maximum Gasteiger partial charge on any atom is 0.333 e. The molecule has 31 heavy (non-hydrogen) atoms. The summed E-state index contributed by atoms with van der Waals surface area (Å²) in [6.45, 7) is 1.01. The maximum absolute atomic E-state index is 13.0. The summed E-state index contributed by atoms with van der Waals surface area (Å²) in [7, 11) is 0. The van der Waals surface area contributed by atoms with Crippen LogP contribution in [0.2, 0.25) is 0 Å². The Balaban J connectivity index is 1.61. The number of hydrogen-bond donors (Lipinski definition) is 0. The first-order chi connectivity index (χ1) is 15.2. The van der Waals surface area contributed by atoms with E-state index in [9.17, 15) is 9.59 Å². The van der Waals surface area contributed by atoms with Gasteiger partial charge in [0, 0.05) is 13.1 Å². The first-order valence-corrected chi connectivity index (χ1v) is 10.4. The van der Waals surface area contributed by atoms with Gasteiger partial charge in [0.05, 0.1) is 11.0 Å². The maximum atomic E-state index is 13.0. The van der Waals surface area contributed by atoms with Gasteiger partial charge in [-0.25, -0.2) is 9.08 Å². The number of nitrogens with zero attached hydrogens (tertiary/aromatic N) is 4. The molecule has 0 saturated heterocycles. The van der Waals surface area contributed by atoms with Gasteiger partial charge >= 0.3 is 11.1 Å². The van der Waals surface area contributed by atoms with Crippen LogP contribution in [0, 0.1) is 0 Å². The van der Waals surface area contributed by atoms with Gasteiger partial charge in [-0.2, -0.15) is 0 Å². The van der Waals surface area contributed by atoms with Gasteiger partial charge < -0.3 is 4.57 Å². The minimum absolute atomic E-state index is 0.356. The number of imidazole rings is 1. The molecule has 0 amide bonds. The molecule has 0 aliphatic carbocycles. The first-order valence-electron chi connectivity index (χ1n) is 10.4. The predicted molar refractivity (Wildman–Crippen MR) is 122 cm³/mol. The second-order valence-corrected chi connectivity index (χ2v) is 7.58. The molecule has 154 valence electrons. The Kier molecular flexibility index (Phi) is 4.96. The zero-order valence-corrected chi connectivity index (χ0v) is 17.0. The fraction of sp³-hybridized carbons (Fsp3) is 0.160. The van der Waals surface area contributed by atoms with Crippen LogP contribution in [0.25, 0.3) is 16.8 Å². The summed E-state index contributed by atoms with van der Waals surface area (Å²) >= 11 is 0. The number of fused-ring (bicyclic) bond motifs is 3. The Morgan fingerprint density at radius 2 is 1.16 bits per heavy atom. The summed E-state index contributed by atoms with van der Waals surface area (Å²) in [6, 6.07) is 27.7. The van der Waals surface area contributed by atoms with Crippen LogP contribution in [0.4, 0.5) is 0 Å². The Morgan fingerprint density at radius 3 is 1.81 bits per heavy atom. The fourth-order valence-corrected chi connectivity index (χ4v) is 4.01. The lowest BCUT2D eigenvalue weighted by Crippen LogP contribution is -2.40. The Hall–Kier alpha value is -3.93. The minimum Gasteiger partial charge on any atom is -0.308 e. The molecule has 0 spiro atoms. The van der Waals surface area contributed by atoms with E-state index < -0.39 is 11.1 Å². The lowest BCUT2D eigenvalue weighted by molar-refractivity contribution is 0.559. The van der Waals surface area contributed by atoms with E-state index in [0.717, 1.165) is 17.5 Å². The summed E-state index contributed by atoms with van der Waals surface area (Å²) in [5.41, 5.74) is 2.74. The number of benzene rings is 3. The van der Waals surface area contributed by atoms with Crippen molar-refractivity contribution in [2.24, 2.45) is 0 Å². The van der Waals surface area contributed by atoms with Crippen molar-refractivity contribution in [3.05, 3.63) is 117 Å². The highest BCUT2D eigenvalue weighted by atomic mass is 16.2. The van der Waals surface area contributed by atoms with Gasteiger partial charge in [0.1, 0.15) is 0 Å². The third-order valence-electron chi connectivity index (χ3n) is 5.61. The van der Waals surface area contributed by atoms with Crippen LogP contribution in [0.5, 0.6) is 0 Å². The van der Waals surface area contributed by atoms with Crippen molar-refractivity contribution in [2.45, 2.75) is 25.9 Å². The van der Waals surface area contributed by atoms with Crippen molar-refractivity contribution in [3.63, 3.8) is 0 Å². The van der Waals surface area contributed by atoms with Gasteiger partial charge in [0.15, 0.2) is 0 Å². The molecular weight excluding hydrogens is 388 g/mol. The molecule has 3 aromatic carbocycles. The number of rotatable bonds is 6. The van der Waals surface area contributed by atoms with Gasteiger partial charge in [0.25, 0.3) is 0 Å². The van der Waals surface area contributed by atoms with Crippen molar-refractivity contribution < 1.29 is 0 Å². The summed E-state index contributed by atoms with van der Waals surface area (Å²) < 4.78 is 4.78. The van der Waals surface area contributed by atoms with E-state index in [1.165, 1.54) is 14.6 Å². The van der Waals surface area contributed by atoms with E-state index in [1.807, 2.05) is 77.4 Å². The zero-order chi connectivity index (χ0) is 21.2. The molecule has 0 bridgehead atoms. The normalized spacial score (nSPS) is 11.4. The zero-order valence-electron chi connectivity index (χ0n) is 17.0. The summed E-state index contributed by atoms with van der Waals surface area (Å²) in [6.07, 6.45) is 1.43. The van der Waals surface area contributed by atoms with Crippen LogP contribution in [0.3, 0.4) is 0 Å². The molecule has 0 unspecified atom stereocenters. The monoisotopic (exact) mass is 410 g/mol. The molecule has 6 nitrogen and oxygen atoms in total. The molecule has 0 N–H and O–H groups in total. The summed E-state index contributed by atoms with van der Waals surface area (Å²) in [5, 5.41) is 4.63. The van der Waals surface area contributed by atoms with Gasteiger partial charge in [-0.15, -0.1) is 5.10 Å². The molecular formula is C25H22N4O2. The molecule has 0 aliphatic heterocycles. The molecule has 0 saturated carbocycles. The van der Waals surface area contributed by atoms with Crippen LogP contribution in [0.15, 0.2) is 94.5 Å². The standard InChI is InChI=1S/C25H22N4O2/c30-23-24(31)29-22-14-8-7-13-21(22)27(17-15-19-9-3-1-4-10-19)25(29)26-28(23)18-16-20-11-5-2-6-12-20/h1-14H,15-18H2. The van der Waals surface area contributed by atoms with Crippen LogP contribution in [-0.4, -0.2) is 18.7 Å². The molecule has 2 aromatic heterocycles. The SMILES string of the molecule is O=c1c(=O)n2c3ccccc3n(CCc3ccccc3)c2nn1CCc1ccccc1. The van der Waals surface area contributed by atoms with E-state index >= 15 is 0 Å². The summed E-state index contributed by atoms with van der Waals surface area (Å²) in [4.78, 5) is 25.8. The van der Waals surface area contributed by atoms with Gasteiger partial charge in [0.2, 0.25) is 5.78 Å². The van der Waals surface area contributed by atoms with Gasteiger partial charge in [-0.3, -0.25) is 9.59 Å². The first kappa shape index (κ1) is 19.1. The third-order valence-corrected chi connectivity index (χ3v) is 5.61. The van der Waals surface area contributed by atoms with E-state index in [1.54, 1.807) is 0 Å². The lowest BCUT2D eigenvalue weighted by Gasteiger charge is -2.08. The van der Waals surface area contributed by atoms with Crippen molar-refractivity contribution in [1.29, 1.82) is 0 Å². The van der Waals surface area contributed by atoms with Crippen molar-refractivity contribution in [1.82, 2.24) is 18.7 Å². The van der Waals surface area contributed by atoms with Crippen LogP contribution >= 0.6 is 0 Å². The molecule has 6 heteroatoms. The van der Waals surface area contributed by atoms with Gasteiger partial charge in [-0.05, 0) is 36.1 Å². The molecule has 5 rings (SSSR count). The molecule has 2 heterocycles. The van der Waals surface area contributed by atoms with E-state index in [0.29, 0.717) is 30.8 Å². The Labute approximate surface area is 178 Å². The molecule has 0 fully saturated rings. The van der Waals surface area contributed by atoms with Crippen molar-refractivity contribution in [2.75, 3.05) is 0 Å². The summed E-state index contributed by atoms with van der Waals surface area (Å²) in [5.74, 6) is 0.495. The number of aryl methyl sites for hydroxylation is 4. The highest BCUT2D eigenvalue weighted by Crippen LogP contribution is 2.18. The molecule has 0 aliphatic rings. The number of para-hydroxylation sites is 2. The second-order valence-electron chi connectivity index (χ2n) is 7.58. The minimum atomic E-state index is -0.598. The fourth-order valence-electron chi connectivity index (χ4n) is 4.01. The third kappa shape index (κ3) is 3.57. The van der Waals surface area contributed by atoms with E-state index in [2.05, 4.69) is 17.2 Å². The topological polar surface area (TPSA) is 61.3 Å². The van der Waals surface area contributed by atoms with Gasteiger partial charge in [-0.1, -0.05) is 72.8 Å². The van der Waals surface area contributed by atoms with Crippen LogP contribution in [0.1, 0.15) is 11.1 Å². The largest absolute Gasteiger partial charge is 0.333 e. The predicted octanol–water partition coefficient (Wildman–Crippen LogP) is 3.30. The highest BCUT2D eigenvalue weighted by Gasteiger charge is 2.17. The van der Waals surface area contributed by atoms with Crippen LogP contribution in [-0.2, 0) is 25.9 Å². The van der Waals surface area contributed by atoms with Crippen LogP contribution < -0.4 is 11.1 Å². The highest BCUT2D eigenvalue weighted by molar-refractivity contribution is 5.80. The van der Waals surface area contributed by atoms with E-state index in [4.69, 9.17) is 0 Å². The Bertz CT molecular complexity index is 1460.